The molecule has 2 atom stereocenters. The van der Waals surface area contributed by atoms with Crippen LogP contribution in [0, 0.1) is 0 Å². The number of nitrogens with zero attached hydrogens (tertiary/aromatic N) is 3. The van der Waals surface area contributed by atoms with E-state index in [0.717, 1.165) is 27.0 Å². The molecule has 2 aromatic heterocycles. The van der Waals surface area contributed by atoms with Crippen molar-refractivity contribution in [3.05, 3.63) is 42.9 Å². The van der Waals surface area contributed by atoms with E-state index in [1.165, 1.54) is 0 Å². The summed E-state index contributed by atoms with van der Waals surface area (Å²) >= 11 is 1.56. The van der Waals surface area contributed by atoms with Crippen LogP contribution >= 0.6 is 11.3 Å². The van der Waals surface area contributed by atoms with Crippen LogP contribution in [0.15, 0.2) is 42.9 Å². The van der Waals surface area contributed by atoms with Crippen molar-refractivity contribution >= 4 is 11.3 Å². The third kappa shape index (κ3) is 2.71. The van der Waals surface area contributed by atoms with Crippen LogP contribution in [0.25, 0.3) is 21.3 Å². The zero-order valence-corrected chi connectivity index (χ0v) is 13.9. The van der Waals surface area contributed by atoms with Gasteiger partial charge in [-0.25, -0.2) is 9.97 Å². The number of thiazole rings is 1. The lowest BCUT2D eigenvalue weighted by molar-refractivity contribution is 0.119. The normalized spacial score (nSPS) is 20.4. The molecule has 7 heteroatoms. The fraction of sp³-hybridized carbons (Fsp3) is 0.294. The monoisotopic (exact) mass is 343 g/mol. The van der Waals surface area contributed by atoms with Crippen LogP contribution in [0.2, 0.25) is 0 Å². The molecule has 1 aromatic carbocycles. The minimum Gasteiger partial charge on any atom is -0.497 e. The Kier molecular flexibility index (Phi) is 4.05. The van der Waals surface area contributed by atoms with Gasteiger partial charge in [0.1, 0.15) is 16.9 Å². The average Bonchev–Trinajstić information content (AvgIpc) is 3.34. The molecule has 24 heavy (non-hydrogen) atoms. The van der Waals surface area contributed by atoms with Crippen LogP contribution < -0.4 is 4.74 Å². The molecule has 4 rings (SSSR count). The maximum Gasteiger partial charge on any atom is 0.152 e. The van der Waals surface area contributed by atoms with Gasteiger partial charge in [0.05, 0.1) is 31.2 Å². The maximum absolute atomic E-state index is 10.1. The molecule has 3 heterocycles. The zero-order valence-electron chi connectivity index (χ0n) is 13.1. The second kappa shape index (κ2) is 6.35. The van der Waals surface area contributed by atoms with Crippen molar-refractivity contribution in [2.45, 2.75) is 12.1 Å². The van der Waals surface area contributed by atoms with Crippen LogP contribution in [0.1, 0.15) is 6.04 Å². The highest BCUT2D eigenvalue weighted by molar-refractivity contribution is 7.18. The van der Waals surface area contributed by atoms with Gasteiger partial charge in [-0.15, -0.1) is 11.3 Å². The smallest absolute Gasteiger partial charge is 0.152 e. The van der Waals surface area contributed by atoms with Crippen LogP contribution in [0.5, 0.6) is 5.75 Å². The molecule has 3 aromatic rings. The number of imidazole rings is 1. The zero-order chi connectivity index (χ0) is 16.5. The number of aromatic nitrogens is 3. The number of methoxy groups -OCH3 is 1. The summed E-state index contributed by atoms with van der Waals surface area (Å²) in [7, 11) is 1.65. The van der Waals surface area contributed by atoms with E-state index in [1.54, 1.807) is 24.6 Å². The third-order valence-corrected chi connectivity index (χ3v) is 5.13. The standard InChI is InChI=1S/C17H17N3O3S/c1-22-12-4-2-3-11(7-12)17-19-8-15(24-17)16-18-5-6-20(16)13-9-23-10-14(13)21/h2-8,13-14,21H,9-10H2,1H3/t13-,14+/m0/s1. The summed E-state index contributed by atoms with van der Waals surface area (Å²) in [6.07, 6.45) is 4.93. The summed E-state index contributed by atoms with van der Waals surface area (Å²) in [5.41, 5.74) is 1.01. The van der Waals surface area contributed by atoms with E-state index in [9.17, 15) is 5.11 Å². The summed E-state index contributed by atoms with van der Waals surface area (Å²) in [5.74, 6) is 1.60. The van der Waals surface area contributed by atoms with Crippen molar-refractivity contribution in [3.8, 4) is 27.0 Å². The molecule has 1 aliphatic rings. The fourth-order valence-electron chi connectivity index (χ4n) is 2.84. The van der Waals surface area contributed by atoms with Crippen molar-refractivity contribution in [1.29, 1.82) is 0 Å². The van der Waals surface area contributed by atoms with Gasteiger partial charge in [-0.1, -0.05) is 12.1 Å². The summed E-state index contributed by atoms with van der Waals surface area (Å²) < 4.78 is 12.6. The lowest BCUT2D eigenvalue weighted by Crippen LogP contribution is -2.22. The van der Waals surface area contributed by atoms with Gasteiger partial charge in [0.25, 0.3) is 0 Å². The lowest BCUT2D eigenvalue weighted by atomic mass is 10.2. The van der Waals surface area contributed by atoms with E-state index in [-0.39, 0.29) is 6.04 Å². The molecule has 0 unspecified atom stereocenters. The Labute approximate surface area is 143 Å². The third-order valence-electron chi connectivity index (χ3n) is 4.09. The van der Waals surface area contributed by atoms with Gasteiger partial charge in [-0.2, -0.15) is 0 Å². The first-order chi connectivity index (χ1) is 11.8. The molecule has 0 spiro atoms. The molecule has 1 N–H and O–H groups in total. The van der Waals surface area contributed by atoms with Crippen LogP contribution in [-0.2, 0) is 4.74 Å². The van der Waals surface area contributed by atoms with Gasteiger partial charge < -0.3 is 19.1 Å². The predicted molar refractivity (Wildman–Crippen MR) is 91.2 cm³/mol. The Morgan fingerprint density at radius 2 is 2.25 bits per heavy atom. The molecule has 0 amide bonds. The number of hydrogen-bond acceptors (Lipinski definition) is 6. The Morgan fingerprint density at radius 3 is 3.04 bits per heavy atom. The molecular weight excluding hydrogens is 326 g/mol. The predicted octanol–water partition coefficient (Wildman–Crippen LogP) is 2.61. The SMILES string of the molecule is COc1cccc(-c2ncc(-c3nccn3[C@H]3COC[C@H]3O)s2)c1. The number of benzene rings is 1. The Balaban J connectivity index is 1.67. The Hall–Kier alpha value is -2.22. The number of aliphatic hydroxyl groups is 1. The van der Waals surface area contributed by atoms with Gasteiger partial charge in [-0.05, 0) is 12.1 Å². The fourth-order valence-corrected chi connectivity index (χ4v) is 3.75. The highest BCUT2D eigenvalue weighted by Crippen LogP contribution is 2.34. The quantitative estimate of drug-likeness (QED) is 0.789. The van der Waals surface area contributed by atoms with E-state index in [2.05, 4.69) is 9.97 Å². The van der Waals surface area contributed by atoms with Gasteiger partial charge in [0.2, 0.25) is 0 Å². The van der Waals surface area contributed by atoms with E-state index >= 15 is 0 Å². The number of aliphatic hydroxyl groups excluding tert-OH is 1. The molecule has 0 radical (unpaired) electrons. The molecule has 0 bridgehead atoms. The van der Waals surface area contributed by atoms with Gasteiger partial charge in [0, 0.05) is 24.2 Å². The van der Waals surface area contributed by atoms with Crippen LogP contribution in [-0.4, -0.2) is 46.1 Å². The highest BCUT2D eigenvalue weighted by Gasteiger charge is 2.29. The molecule has 1 saturated heterocycles. The summed E-state index contributed by atoms with van der Waals surface area (Å²) in [4.78, 5) is 9.92. The van der Waals surface area contributed by atoms with Gasteiger partial charge in [0.15, 0.2) is 5.82 Å². The van der Waals surface area contributed by atoms with Gasteiger partial charge >= 0.3 is 0 Å². The number of ether oxygens (including phenoxy) is 2. The first-order valence-electron chi connectivity index (χ1n) is 7.65. The van der Waals surface area contributed by atoms with E-state index in [4.69, 9.17) is 9.47 Å². The maximum atomic E-state index is 10.1. The molecule has 6 nitrogen and oxygen atoms in total. The molecular formula is C17H17N3O3S. The van der Waals surface area contributed by atoms with Crippen molar-refractivity contribution in [2.24, 2.45) is 0 Å². The van der Waals surface area contributed by atoms with E-state index in [1.807, 2.05) is 41.2 Å². The minimum absolute atomic E-state index is 0.107. The first kappa shape index (κ1) is 15.3. The second-order valence-electron chi connectivity index (χ2n) is 5.59. The van der Waals surface area contributed by atoms with E-state index < -0.39 is 6.10 Å². The topological polar surface area (TPSA) is 69.4 Å². The second-order valence-corrected chi connectivity index (χ2v) is 6.62. The largest absolute Gasteiger partial charge is 0.497 e. The average molecular weight is 343 g/mol. The highest BCUT2D eigenvalue weighted by atomic mass is 32.1. The summed E-state index contributed by atoms with van der Waals surface area (Å²) in [6.45, 7) is 0.853. The first-order valence-corrected chi connectivity index (χ1v) is 8.47. The Morgan fingerprint density at radius 1 is 1.33 bits per heavy atom. The summed E-state index contributed by atoms with van der Waals surface area (Å²) in [5, 5.41) is 11.0. The van der Waals surface area contributed by atoms with Crippen molar-refractivity contribution < 1.29 is 14.6 Å². The molecule has 1 fully saturated rings. The van der Waals surface area contributed by atoms with Crippen molar-refractivity contribution in [3.63, 3.8) is 0 Å². The number of hydrogen-bond donors (Lipinski definition) is 1. The van der Waals surface area contributed by atoms with Gasteiger partial charge in [-0.3, -0.25) is 0 Å². The van der Waals surface area contributed by atoms with Crippen LogP contribution in [0.3, 0.4) is 0 Å². The minimum atomic E-state index is -0.510. The van der Waals surface area contributed by atoms with Crippen LogP contribution in [0.4, 0.5) is 0 Å². The van der Waals surface area contributed by atoms with E-state index in [0.29, 0.717) is 13.2 Å². The number of rotatable bonds is 4. The molecule has 1 aliphatic heterocycles. The molecule has 0 saturated carbocycles. The lowest BCUT2D eigenvalue weighted by Gasteiger charge is -2.16. The summed E-state index contributed by atoms with van der Waals surface area (Å²) in [6, 6.07) is 7.72. The van der Waals surface area contributed by atoms with Crippen molar-refractivity contribution in [1.82, 2.24) is 14.5 Å². The van der Waals surface area contributed by atoms with Crippen molar-refractivity contribution in [2.75, 3.05) is 20.3 Å². The Bertz CT molecular complexity index is 845. The molecule has 0 aliphatic carbocycles. The molecule has 124 valence electrons.